The van der Waals surface area contributed by atoms with Crippen molar-refractivity contribution in [3.63, 3.8) is 0 Å². The molecule has 1 atom stereocenters. The van der Waals surface area contributed by atoms with E-state index in [0.717, 1.165) is 36.8 Å². The number of benzene rings is 2. The van der Waals surface area contributed by atoms with Gasteiger partial charge >= 0.3 is 0 Å². The molecule has 5 rings (SSSR count). The fourth-order valence-electron chi connectivity index (χ4n) is 5.09. The first-order chi connectivity index (χ1) is 17.0. The van der Waals surface area contributed by atoms with E-state index in [0.29, 0.717) is 23.6 Å². The van der Waals surface area contributed by atoms with E-state index in [1.165, 1.54) is 0 Å². The van der Waals surface area contributed by atoms with Gasteiger partial charge in [-0.25, -0.2) is 0 Å². The Bertz CT molecular complexity index is 1260. The Hall–Kier alpha value is -3.93. The van der Waals surface area contributed by atoms with Crippen molar-refractivity contribution < 1.29 is 19.4 Å². The van der Waals surface area contributed by atoms with Gasteiger partial charge in [0.25, 0.3) is 11.7 Å². The van der Waals surface area contributed by atoms with E-state index in [1.807, 2.05) is 43.3 Å². The Morgan fingerprint density at radius 1 is 1.03 bits per heavy atom. The van der Waals surface area contributed by atoms with E-state index in [4.69, 9.17) is 4.74 Å². The van der Waals surface area contributed by atoms with E-state index in [2.05, 4.69) is 4.98 Å². The molecular formula is C29H28N2O4. The number of aryl methyl sites for hydroxylation is 1. The monoisotopic (exact) mass is 468 g/mol. The van der Waals surface area contributed by atoms with Crippen LogP contribution in [0.5, 0.6) is 5.75 Å². The van der Waals surface area contributed by atoms with Crippen molar-refractivity contribution in [2.75, 3.05) is 0 Å². The molecule has 1 aliphatic carbocycles. The van der Waals surface area contributed by atoms with E-state index in [1.54, 1.807) is 41.4 Å². The maximum atomic E-state index is 13.2. The van der Waals surface area contributed by atoms with Crippen LogP contribution in [0.1, 0.15) is 54.1 Å². The largest absolute Gasteiger partial charge is 0.507 e. The molecule has 1 aromatic heterocycles. The molecule has 1 unspecified atom stereocenters. The van der Waals surface area contributed by atoms with Crippen LogP contribution in [0.15, 0.2) is 78.5 Å². The number of aliphatic hydroxyl groups excluding tert-OH is 1. The Morgan fingerprint density at radius 2 is 1.77 bits per heavy atom. The van der Waals surface area contributed by atoms with Crippen molar-refractivity contribution in [1.29, 1.82) is 0 Å². The van der Waals surface area contributed by atoms with Crippen molar-refractivity contribution >= 4 is 17.4 Å². The molecule has 2 heterocycles. The number of hydrogen-bond donors (Lipinski definition) is 1. The topological polar surface area (TPSA) is 79.7 Å². The third-order valence-electron chi connectivity index (χ3n) is 6.85. The molecule has 1 N–H and O–H groups in total. The highest BCUT2D eigenvalue weighted by molar-refractivity contribution is 6.46. The lowest BCUT2D eigenvalue weighted by Crippen LogP contribution is -2.37. The van der Waals surface area contributed by atoms with Crippen molar-refractivity contribution in [2.24, 2.45) is 0 Å². The first kappa shape index (κ1) is 22.8. The minimum atomic E-state index is -0.700. The van der Waals surface area contributed by atoms with Crippen LogP contribution in [0.4, 0.5) is 0 Å². The van der Waals surface area contributed by atoms with E-state index < -0.39 is 17.7 Å². The summed E-state index contributed by atoms with van der Waals surface area (Å²) in [5, 5.41) is 11.3. The maximum Gasteiger partial charge on any atom is 0.295 e. The molecule has 6 heteroatoms. The number of carbonyl (C=O) groups is 2. The summed E-state index contributed by atoms with van der Waals surface area (Å²) >= 11 is 0. The molecule has 2 aliphatic rings. The van der Waals surface area contributed by atoms with Crippen LogP contribution < -0.4 is 4.74 Å². The number of rotatable bonds is 6. The normalized spacial score (nSPS) is 19.9. The molecule has 35 heavy (non-hydrogen) atoms. The highest BCUT2D eigenvalue weighted by Gasteiger charge is 2.49. The lowest BCUT2D eigenvalue weighted by molar-refractivity contribution is -0.141. The van der Waals surface area contributed by atoms with Crippen molar-refractivity contribution in [3.8, 4) is 5.75 Å². The summed E-state index contributed by atoms with van der Waals surface area (Å²) in [6, 6.07) is 19.9. The highest BCUT2D eigenvalue weighted by atomic mass is 16.5. The molecular weight excluding hydrogens is 440 g/mol. The number of Topliss-reactive ketones (excluding diaryl/α,β-unsaturated/α-hetero) is 1. The standard InChI is InChI=1S/C29H28N2O4/c1-19-17-21(14-15-24(19)35-18-20-9-3-2-4-10-20)27(32)25-26(23-13-7-8-16-30-23)31(29(34)28(25)33)22-11-5-6-12-22/h2-4,7-10,13-17,22,26,32H,5-6,11-12,18H2,1H3/b27-25-. The predicted molar refractivity (Wildman–Crippen MR) is 133 cm³/mol. The minimum Gasteiger partial charge on any atom is -0.507 e. The van der Waals surface area contributed by atoms with Crippen LogP contribution in [-0.4, -0.2) is 32.7 Å². The highest BCUT2D eigenvalue weighted by Crippen LogP contribution is 2.43. The predicted octanol–water partition coefficient (Wildman–Crippen LogP) is 5.33. The van der Waals surface area contributed by atoms with Gasteiger partial charge in [0.1, 0.15) is 24.2 Å². The molecule has 3 aromatic rings. The van der Waals surface area contributed by atoms with Crippen molar-refractivity contribution in [1.82, 2.24) is 9.88 Å². The molecule has 2 aromatic carbocycles. The van der Waals surface area contributed by atoms with Crippen LogP contribution >= 0.6 is 0 Å². The Kier molecular flexibility index (Phi) is 6.36. The number of nitrogens with zero attached hydrogens (tertiary/aromatic N) is 2. The fourth-order valence-corrected chi connectivity index (χ4v) is 5.09. The summed E-state index contributed by atoms with van der Waals surface area (Å²) in [4.78, 5) is 32.5. The summed E-state index contributed by atoms with van der Waals surface area (Å²) < 4.78 is 5.96. The van der Waals surface area contributed by atoms with Gasteiger partial charge in [-0.1, -0.05) is 49.2 Å². The zero-order valence-corrected chi connectivity index (χ0v) is 19.7. The lowest BCUT2D eigenvalue weighted by Gasteiger charge is -2.30. The Labute approximate surface area is 204 Å². The smallest absolute Gasteiger partial charge is 0.295 e. The molecule has 1 aliphatic heterocycles. The third-order valence-corrected chi connectivity index (χ3v) is 6.85. The van der Waals surface area contributed by atoms with Crippen molar-refractivity contribution in [3.05, 3.63) is 101 Å². The number of aliphatic hydroxyl groups is 1. The summed E-state index contributed by atoms with van der Waals surface area (Å²) in [6.07, 6.45) is 5.39. The molecule has 0 bridgehead atoms. The Balaban J connectivity index is 1.50. The van der Waals surface area contributed by atoms with Gasteiger partial charge in [0, 0.05) is 17.8 Å². The second-order valence-corrected chi connectivity index (χ2v) is 9.15. The summed E-state index contributed by atoms with van der Waals surface area (Å²) in [6.45, 7) is 2.32. The molecule has 2 fully saturated rings. The zero-order valence-electron chi connectivity index (χ0n) is 19.7. The lowest BCUT2D eigenvalue weighted by atomic mass is 9.97. The molecule has 1 saturated heterocycles. The van der Waals surface area contributed by atoms with E-state index in [9.17, 15) is 14.7 Å². The van der Waals surface area contributed by atoms with Crippen LogP contribution in [-0.2, 0) is 16.2 Å². The maximum absolute atomic E-state index is 13.2. The quantitative estimate of drug-likeness (QED) is 0.300. The molecule has 178 valence electrons. The average Bonchev–Trinajstić information content (AvgIpc) is 3.50. The zero-order chi connectivity index (χ0) is 24.4. The first-order valence-electron chi connectivity index (χ1n) is 12.0. The third kappa shape index (κ3) is 4.44. The Morgan fingerprint density at radius 3 is 2.46 bits per heavy atom. The van der Waals surface area contributed by atoms with E-state index in [-0.39, 0.29) is 17.4 Å². The summed E-state index contributed by atoms with van der Waals surface area (Å²) in [7, 11) is 0. The van der Waals surface area contributed by atoms with Gasteiger partial charge in [0.05, 0.1) is 11.3 Å². The van der Waals surface area contributed by atoms with Gasteiger partial charge in [-0.2, -0.15) is 0 Å². The number of carbonyl (C=O) groups excluding carboxylic acids is 2. The second kappa shape index (κ2) is 9.74. The summed E-state index contributed by atoms with van der Waals surface area (Å²) in [5.74, 6) is -0.712. The minimum absolute atomic E-state index is 0.0285. The molecule has 1 saturated carbocycles. The van der Waals surface area contributed by atoms with Crippen LogP contribution in [0, 0.1) is 6.92 Å². The number of hydrogen-bond acceptors (Lipinski definition) is 5. The number of pyridine rings is 1. The number of aromatic nitrogens is 1. The van der Waals surface area contributed by atoms with Crippen LogP contribution in [0.25, 0.3) is 5.76 Å². The van der Waals surface area contributed by atoms with Gasteiger partial charge in [-0.3, -0.25) is 14.6 Å². The fraction of sp³-hybridized carbons (Fsp3) is 0.276. The molecule has 0 spiro atoms. The summed E-state index contributed by atoms with van der Waals surface area (Å²) in [5.41, 5.74) is 3.03. The number of ketones is 1. The van der Waals surface area contributed by atoms with Crippen LogP contribution in [0.3, 0.4) is 0 Å². The van der Waals surface area contributed by atoms with Gasteiger partial charge in [0.15, 0.2) is 0 Å². The van der Waals surface area contributed by atoms with Gasteiger partial charge < -0.3 is 14.7 Å². The SMILES string of the molecule is Cc1cc(/C(O)=C2/C(=O)C(=O)N(C3CCCC3)C2c2ccccn2)ccc1OCc1ccccc1. The molecule has 1 amide bonds. The molecule has 0 radical (unpaired) electrons. The average molecular weight is 469 g/mol. The van der Waals surface area contributed by atoms with Gasteiger partial charge in [0.2, 0.25) is 0 Å². The number of ether oxygens (including phenoxy) is 1. The number of likely N-dealkylation sites (tertiary alicyclic amines) is 1. The van der Waals surface area contributed by atoms with Crippen molar-refractivity contribution in [2.45, 2.75) is 51.3 Å². The van der Waals surface area contributed by atoms with E-state index >= 15 is 0 Å². The first-order valence-corrected chi connectivity index (χ1v) is 12.0. The number of amides is 1. The van der Waals surface area contributed by atoms with Gasteiger partial charge in [-0.05, 0) is 61.2 Å². The van der Waals surface area contributed by atoms with Gasteiger partial charge in [-0.15, -0.1) is 0 Å². The second-order valence-electron chi connectivity index (χ2n) is 9.15. The van der Waals surface area contributed by atoms with Crippen LogP contribution in [0.2, 0.25) is 0 Å². The molecule has 6 nitrogen and oxygen atoms in total.